The van der Waals surface area contributed by atoms with Gasteiger partial charge in [-0.3, -0.25) is 14.2 Å². The zero-order valence-corrected chi connectivity index (χ0v) is 13.9. The van der Waals surface area contributed by atoms with Gasteiger partial charge in [-0.15, -0.1) is 0 Å². The Kier molecular flexibility index (Phi) is 5.68. The molecule has 1 N–H and O–H groups in total. The van der Waals surface area contributed by atoms with Crippen LogP contribution in [0.3, 0.4) is 0 Å². The molecule has 0 spiro atoms. The second-order valence-corrected chi connectivity index (χ2v) is 5.71. The molecule has 1 unspecified atom stereocenters. The third-order valence-corrected chi connectivity index (χ3v) is 3.94. The summed E-state index contributed by atoms with van der Waals surface area (Å²) < 4.78 is 1.35. The molecule has 1 heterocycles. The summed E-state index contributed by atoms with van der Waals surface area (Å²) in [5.41, 5.74) is 2.18. The molecule has 1 atom stereocenters. The van der Waals surface area contributed by atoms with E-state index in [-0.39, 0.29) is 24.1 Å². The SMILES string of the molecule is CCCC(NC(=O)Cn1cnc(C)c(C)c1=O)c1ccccc1. The molecule has 1 aromatic carbocycles. The minimum absolute atomic E-state index is 0.0139. The molecule has 0 saturated carbocycles. The lowest BCUT2D eigenvalue weighted by atomic mass is 10.0. The fraction of sp³-hybridized carbons (Fsp3) is 0.389. The molecule has 122 valence electrons. The third-order valence-electron chi connectivity index (χ3n) is 3.94. The summed E-state index contributed by atoms with van der Waals surface area (Å²) in [4.78, 5) is 28.6. The molecule has 0 aliphatic heterocycles. The van der Waals surface area contributed by atoms with Crippen molar-refractivity contribution in [3.05, 3.63) is 63.8 Å². The zero-order chi connectivity index (χ0) is 16.8. The van der Waals surface area contributed by atoms with E-state index in [1.165, 1.54) is 10.9 Å². The molecule has 0 fully saturated rings. The summed E-state index contributed by atoms with van der Waals surface area (Å²) in [5, 5.41) is 3.02. The molecule has 0 radical (unpaired) electrons. The van der Waals surface area contributed by atoms with E-state index in [2.05, 4.69) is 17.2 Å². The Bertz CT molecular complexity index is 723. The van der Waals surface area contributed by atoms with Crippen molar-refractivity contribution in [1.29, 1.82) is 0 Å². The van der Waals surface area contributed by atoms with Crippen LogP contribution in [0.4, 0.5) is 0 Å². The number of aryl methyl sites for hydroxylation is 1. The summed E-state index contributed by atoms with van der Waals surface area (Å²) in [7, 11) is 0. The van der Waals surface area contributed by atoms with Gasteiger partial charge in [-0.1, -0.05) is 43.7 Å². The number of nitrogens with one attached hydrogen (secondary N) is 1. The van der Waals surface area contributed by atoms with E-state index < -0.39 is 0 Å². The average molecular weight is 313 g/mol. The average Bonchev–Trinajstić information content (AvgIpc) is 2.56. The lowest BCUT2D eigenvalue weighted by molar-refractivity contribution is -0.122. The van der Waals surface area contributed by atoms with E-state index in [0.717, 1.165) is 18.4 Å². The van der Waals surface area contributed by atoms with Crippen molar-refractivity contribution in [1.82, 2.24) is 14.9 Å². The number of amides is 1. The lowest BCUT2D eigenvalue weighted by Crippen LogP contribution is -2.35. The first-order valence-electron chi connectivity index (χ1n) is 7.90. The van der Waals surface area contributed by atoms with Crippen molar-refractivity contribution in [3.8, 4) is 0 Å². The predicted molar refractivity (Wildman–Crippen MR) is 90.2 cm³/mol. The largest absolute Gasteiger partial charge is 0.348 e. The molecule has 2 rings (SSSR count). The van der Waals surface area contributed by atoms with Crippen molar-refractivity contribution in [3.63, 3.8) is 0 Å². The van der Waals surface area contributed by atoms with Gasteiger partial charge in [0.25, 0.3) is 5.56 Å². The molecule has 23 heavy (non-hydrogen) atoms. The van der Waals surface area contributed by atoms with Gasteiger partial charge in [0.1, 0.15) is 6.54 Å². The van der Waals surface area contributed by atoms with Crippen LogP contribution in [0.25, 0.3) is 0 Å². The van der Waals surface area contributed by atoms with Crippen LogP contribution < -0.4 is 10.9 Å². The van der Waals surface area contributed by atoms with Crippen LogP contribution in [0.1, 0.15) is 42.6 Å². The normalized spacial score (nSPS) is 12.0. The highest BCUT2D eigenvalue weighted by Crippen LogP contribution is 2.17. The molecule has 1 aromatic heterocycles. The number of carbonyl (C=O) groups excluding carboxylic acids is 1. The Morgan fingerprint density at radius 3 is 2.61 bits per heavy atom. The molecule has 0 bridgehead atoms. The number of carbonyl (C=O) groups is 1. The zero-order valence-electron chi connectivity index (χ0n) is 13.9. The Morgan fingerprint density at radius 1 is 1.26 bits per heavy atom. The highest BCUT2D eigenvalue weighted by atomic mass is 16.2. The van der Waals surface area contributed by atoms with Crippen molar-refractivity contribution < 1.29 is 4.79 Å². The molecule has 5 heteroatoms. The summed E-state index contributed by atoms with van der Waals surface area (Å²) in [5.74, 6) is -0.181. The molecule has 1 amide bonds. The second kappa shape index (κ2) is 7.72. The summed E-state index contributed by atoms with van der Waals surface area (Å²) >= 11 is 0. The number of aromatic nitrogens is 2. The van der Waals surface area contributed by atoms with Gasteiger partial charge in [-0.2, -0.15) is 0 Å². The maximum atomic E-state index is 12.3. The first-order chi connectivity index (χ1) is 11.0. The maximum absolute atomic E-state index is 12.3. The van der Waals surface area contributed by atoms with Gasteiger partial charge in [-0.25, -0.2) is 4.98 Å². The van der Waals surface area contributed by atoms with Crippen LogP contribution in [-0.2, 0) is 11.3 Å². The number of nitrogens with zero attached hydrogens (tertiary/aromatic N) is 2. The minimum atomic E-state index is -0.181. The number of rotatable bonds is 6. The van der Waals surface area contributed by atoms with E-state index in [9.17, 15) is 9.59 Å². The molecular formula is C18H23N3O2. The first kappa shape index (κ1) is 16.9. The smallest absolute Gasteiger partial charge is 0.256 e. The van der Waals surface area contributed by atoms with Gasteiger partial charge >= 0.3 is 0 Å². The fourth-order valence-corrected chi connectivity index (χ4v) is 2.48. The van der Waals surface area contributed by atoms with Crippen LogP contribution in [0.2, 0.25) is 0 Å². The maximum Gasteiger partial charge on any atom is 0.256 e. The number of benzene rings is 1. The molecule has 0 aliphatic rings. The fourth-order valence-electron chi connectivity index (χ4n) is 2.48. The van der Waals surface area contributed by atoms with Crippen LogP contribution in [0, 0.1) is 13.8 Å². The number of hydrogen-bond donors (Lipinski definition) is 1. The first-order valence-corrected chi connectivity index (χ1v) is 7.90. The van der Waals surface area contributed by atoms with Gasteiger partial charge in [0, 0.05) is 11.3 Å². The van der Waals surface area contributed by atoms with Gasteiger partial charge in [0.05, 0.1) is 12.4 Å². The Hall–Kier alpha value is -2.43. The number of hydrogen-bond acceptors (Lipinski definition) is 3. The van der Waals surface area contributed by atoms with E-state index in [1.54, 1.807) is 13.8 Å². The topological polar surface area (TPSA) is 64.0 Å². The van der Waals surface area contributed by atoms with Crippen molar-refractivity contribution in [2.45, 2.75) is 46.2 Å². The van der Waals surface area contributed by atoms with Crippen LogP contribution in [-0.4, -0.2) is 15.5 Å². The molecule has 0 aliphatic carbocycles. The Morgan fingerprint density at radius 2 is 1.96 bits per heavy atom. The molecule has 2 aromatic rings. The molecular weight excluding hydrogens is 290 g/mol. The van der Waals surface area contributed by atoms with Crippen LogP contribution >= 0.6 is 0 Å². The monoisotopic (exact) mass is 313 g/mol. The van der Waals surface area contributed by atoms with E-state index >= 15 is 0 Å². The Labute approximate surface area is 136 Å². The van der Waals surface area contributed by atoms with E-state index in [1.807, 2.05) is 30.3 Å². The quantitative estimate of drug-likeness (QED) is 0.891. The van der Waals surface area contributed by atoms with Gasteiger partial charge in [-0.05, 0) is 25.8 Å². The molecule has 5 nitrogen and oxygen atoms in total. The van der Waals surface area contributed by atoms with Crippen molar-refractivity contribution in [2.75, 3.05) is 0 Å². The van der Waals surface area contributed by atoms with Gasteiger partial charge < -0.3 is 5.32 Å². The summed E-state index contributed by atoms with van der Waals surface area (Å²) in [6.45, 7) is 5.58. The standard InChI is InChI=1S/C18H23N3O2/c1-4-8-16(15-9-6-5-7-10-15)20-17(22)11-21-12-19-14(3)13(2)18(21)23/h5-7,9-10,12,16H,4,8,11H2,1-3H3,(H,20,22). The second-order valence-electron chi connectivity index (χ2n) is 5.71. The third kappa shape index (κ3) is 4.28. The summed E-state index contributed by atoms with van der Waals surface area (Å²) in [6.07, 6.45) is 3.25. The lowest BCUT2D eigenvalue weighted by Gasteiger charge is -2.19. The van der Waals surface area contributed by atoms with E-state index in [0.29, 0.717) is 11.3 Å². The highest BCUT2D eigenvalue weighted by Gasteiger charge is 2.15. The summed E-state index contributed by atoms with van der Waals surface area (Å²) in [6, 6.07) is 9.84. The van der Waals surface area contributed by atoms with Crippen molar-refractivity contribution >= 4 is 5.91 Å². The highest BCUT2D eigenvalue weighted by molar-refractivity contribution is 5.76. The van der Waals surface area contributed by atoms with E-state index in [4.69, 9.17) is 0 Å². The van der Waals surface area contributed by atoms with Crippen LogP contribution in [0.15, 0.2) is 41.5 Å². The van der Waals surface area contributed by atoms with Gasteiger partial charge in [0.2, 0.25) is 5.91 Å². The Balaban J connectivity index is 2.11. The van der Waals surface area contributed by atoms with Gasteiger partial charge in [0.15, 0.2) is 0 Å². The minimum Gasteiger partial charge on any atom is -0.348 e. The van der Waals surface area contributed by atoms with Crippen LogP contribution in [0.5, 0.6) is 0 Å². The van der Waals surface area contributed by atoms with Crippen molar-refractivity contribution in [2.24, 2.45) is 0 Å². The molecule has 0 saturated heterocycles. The predicted octanol–water partition coefficient (Wildman–Crippen LogP) is 2.52.